The number of aromatic nitrogens is 4. The van der Waals surface area contributed by atoms with E-state index < -0.39 is 0 Å². The van der Waals surface area contributed by atoms with Crippen molar-refractivity contribution < 1.29 is 0 Å². The Hall–Kier alpha value is -6.67. The Balaban J connectivity index is 1.32. The lowest BCUT2D eigenvalue weighted by molar-refractivity contribution is 1.07. The van der Waals surface area contributed by atoms with E-state index in [4.69, 9.17) is 21.5 Å². The van der Waals surface area contributed by atoms with Crippen LogP contribution in [0.2, 0.25) is 0 Å². The molecule has 222 valence electrons. The fourth-order valence-corrected chi connectivity index (χ4v) is 7.70. The predicted octanol–water partition coefficient (Wildman–Crippen LogP) is 10.8. The number of benzene rings is 6. The van der Waals surface area contributed by atoms with E-state index in [0.29, 0.717) is 40.0 Å². The Bertz CT molecular complexity index is 2740. The van der Waals surface area contributed by atoms with E-state index >= 15 is 0 Å². The Morgan fingerprint density at radius 2 is 1.23 bits per heavy atom. The summed E-state index contributed by atoms with van der Waals surface area (Å²) in [4.78, 5) is 18.5. The first-order chi connectivity index (χ1) is 23.7. The summed E-state index contributed by atoms with van der Waals surface area (Å²) in [6.45, 7) is 8.29. The van der Waals surface area contributed by atoms with Crippen LogP contribution in [0.15, 0.2) is 133 Å². The van der Waals surface area contributed by atoms with Crippen molar-refractivity contribution in [2.75, 3.05) is 0 Å². The van der Waals surface area contributed by atoms with Crippen molar-refractivity contribution in [3.05, 3.63) is 150 Å². The van der Waals surface area contributed by atoms with Crippen molar-refractivity contribution in [3.63, 3.8) is 0 Å². The van der Waals surface area contributed by atoms with Crippen molar-refractivity contribution in [1.29, 1.82) is 5.26 Å². The highest BCUT2D eigenvalue weighted by atomic mass is 32.1. The number of nitrogens with zero attached hydrogens (tertiary/aromatic N) is 6. The van der Waals surface area contributed by atoms with Crippen LogP contribution in [0, 0.1) is 17.9 Å². The number of thiophene rings is 1. The maximum absolute atomic E-state index is 10.6. The summed E-state index contributed by atoms with van der Waals surface area (Å²) in [5, 5.41) is 15.3. The van der Waals surface area contributed by atoms with Crippen LogP contribution in [0.1, 0.15) is 5.56 Å². The van der Waals surface area contributed by atoms with Gasteiger partial charge in [-0.3, -0.25) is 0 Å². The molecule has 0 unspecified atom stereocenters. The number of hydrogen-bond donors (Lipinski definition) is 0. The van der Waals surface area contributed by atoms with E-state index in [-0.39, 0.29) is 0 Å². The zero-order chi connectivity index (χ0) is 32.2. The lowest BCUT2D eigenvalue weighted by Crippen LogP contribution is -2.02. The lowest BCUT2D eigenvalue weighted by Gasteiger charge is -2.14. The molecule has 3 heterocycles. The van der Waals surface area contributed by atoms with Gasteiger partial charge in [0.2, 0.25) is 0 Å². The Labute approximate surface area is 279 Å². The molecule has 0 N–H and O–H groups in total. The Morgan fingerprint density at radius 1 is 0.604 bits per heavy atom. The maximum atomic E-state index is 10.6. The number of para-hydroxylation sites is 1. The summed E-state index contributed by atoms with van der Waals surface area (Å²) in [6, 6.07) is 46.5. The second kappa shape index (κ2) is 11.0. The van der Waals surface area contributed by atoms with Gasteiger partial charge in [0.15, 0.2) is 23.2 Å². The first-order valence-corrected chi connectivity index (χ1v) is 16.2. The summed E-state index contributed by atoms with van der Waals surface area (Å²) in [5.74, 6) is 1.32. The molecule has 0 spiro atoms. The monoisotopic (exact) mass is 630 g/mol. The number of rotatable bonds is 4. The molecule has 0 radical (unpaired) electrons. The van der Waals surface area contributed by atoms with Crippen LogP contribution in [-0.2, 0) is 0 Å². The third-order valence-corrected chi connectivity index (χ3v) is 9.85. The van der Waals surface area contributed by atoms with E-state index in [1.54, 1.807) is 23.5 Å². The quantitative estimate of drug-likeness (QED) is 0.181. The average Bonchev–Trinajstić information content (AvgIpc) is 3.70. The third-order valence-electron chi connectivity index (χ3n) is 8.71. The van der Waals surface area contributed by atoms with Crippen LogP contribution in [-0.4, -0.2) is 19.5 Å². The molecule has 0 amide bonds. The van der Waals surface area contributed by atoms with Gasteiger partial charge >= 0.3 is 0 Å². The van der Waals surface area contributed by atoms with Gasteiger partial charge in [-0.05, 0) is 36.4 Å². The molecule has 0 aliphatic heterocycles. The topological polar surface area (TPSA) is 71.8 Å². The molecule has 9 aromatic rings. The highest BCUT2D eigenvalue weighted by molar-refractivity contribution is 7.26. The molecule has 0 bridgehead atoms. The number of hydrogen-bond acceptors (Lipinski definition) is 5. The summed E-state index contributed by atoms with van der Waals surface area (Å²) in [6.07, 6.45) is 0. The van der Waals surface area contributed by atoms with Crippen LogP contribution < -0.4 is 0 Å². The lowest BCUT2D eigenvalue weighted by atomic mass is 10.0. The van der Waals surface area contributed by atoms with Gasteiger partial charge in [0, 0.05) is 47.6 Å². The molecule has 0 saturated heterocycles. The van der Waals surface area contributed by atoms with E-state index in [1.807, 2.05) is 72.8 Å². The van der Waals surface area contributed by atoms with Crippen LogP contribution >= 0.6 is 11.3 Å². The predicted molar refractivity (Wildman–Crippen MR) is 194 cm³/mol. The Kier molecular flexibility index (Phi) is 6.33. The second-order valence-corrected chi connectivity index (χ2v) is 12.5. The molecule has 6 aromatic carbocycles. The SMILES string of the molecule is [C-]#[N+]c1cc(-n2c3ccccc3c3c4c(ccc32)sc2ccccc24)c(C#N)cc1-c1nc(-c2ccccc2)nc(-c2ccccc2)n1. The van der Waals surface area contributed by atoms with Crippen molar-refractivity contribution in [2.45, 2.75) is 0 Å². The standard InChI is InChI=1S/C41H22N6S/c1-43-31-23-34(47-32-18-10-8-16-28(32)37-33(47)20-21-36-38(37)29-17-9-11-19-35(29)48-36)27(24-42)22-30(31)41-45-39(25-12-4-2-5-13-25)44-40(46-41)26-14-6-3-7-15-26/h2-23H. The molecule has 0 aliphatic rings. The summed E-state index contributed by atoms with van der Waals surface area (Å²) in [7, 11) is 0. The summed E-state index contributed by atoms with van der Waals surface area (Å²) in [5.41, 5.74) is 5.49. The van der Waals surface area contributed by atoms with Gasteiger partial charge in [-0.15, -0.1) is 11.3 Å². The van der Waals surface area contributed by atoms with E-state index in [0.717, 1.165) is 32.9 Å². The van der Waals surface area contributed by atoms with E-state index in [2.05, 4.69) is 64.0 Å². The second-order valence-electron chi connectivity index (χ2n) is 11.4. The van der Waals surface area contributed by atoms with Crippen molar-refractivity contribution in [1.82, 2.24) is 19.5 Å². The fourth-order valence-electron chi connectivity index (χ4n) is 6.59. The smallest absolute Gasteiger partial charge is 0.200 e. The highest BCUT2D eigenvalue weighted by Crippen LogP contribution is 2.44. The zero-order valence-corrected chi connectivity index (χ0v) is 26.1. The molecule has 48 heavy (non-hydrogen) atoms. The minimum Gasteiger partial charge on any atom is -0.309 e. The van der Waals surface area contributed by atoms with Gasteiger partial charge in [0.25, 0.3) is 0 Å². The molecule has 7 heteroatoms. The highest BCUT2D eigenvalue weighted by Gasteiger charge is 2.22. The minimum absolute atomic E-state index is 0.338. The van der Waals surface area contributed by atoms with E-state index in [1.165, 1.54) is 20.2 Å². The molecule has 0 aliphatic carbocycles. The van der Waals surface area contributed by atoms with Crippen LogP contribution in [0.4, 0.5) is 5.69 Å². The van der Waals surface area contributed by atoms with Crippen LogP contribution in [0.5, 0.6) is 0 Å². The van der Waals surface area contributed by atoms with Gasteiger partial charge in [-0.1, -0.05) is 97.1 Å². The average molecular weight is 631 g/mol. The molecular weight excluding hydrogens is 609 g/mol. The summed E-state index contributed by atoms with van der Waals surface area (Å²) < 4.78 is 4.56. The first kappa shape index (κ1) is 27.6. The molecular formula is C41H22N6S. The molecule has 9 rings (SSSR count). The van der Waals surface area contributed by atoms with Crippen molar-refractivity contribution in [3.8, 4) is 45.9 Å². The number of nitriles is 1. The molecule has 6 nitrogen and oxygen atoms in total. The normalized spacial score (nSPS) is 11.3. The third kappa shape index (κ3) is 4.27. The fraction of sp³-hybridized carbons (Fsp3) is 0. The first-order valence-electron chi connectivity index (χ1n) is 15.4. The number of fused-ring (bicyclic) bond motifs is 7. The van der Waals surface area contributed by atoms with Gasteiger partial charge in [0.05, 0.1) is 28.9 Å². The van der Waals surface area contributed by atoms with Crippen molar-refractivity contribution in [2.24, 2.45) is 0 Å². The maximum Gasteiger partial charge on any atom is 0.200 e. The molecule has 0 atom stereocenters. The summed E-state index contributed by atoms with van der Waals surface area (Å²) >= 11 is 1.78. The zero-order valence-electron chi connectivity index (χ0n) is 25.3. The van der Waals surface area contributed by atoms with E-state index in [9.17, 15) is 5.26 Å². The van der Waals surface area contributed by atoms with Gasteiger partial charge in [-0.25, -0.2) is 19.8 Å². The van der Waals surface area contributed by atoms with Crippen LogP contribution in [0.3, 0.4) is 0 Å². The van der Waals surface area contributed by atoms with Gasteiger partial charge in [0.1, 0.15) is 6.07 Å². The molecule has 0 fully saturated rings. The minimum atomic E-state index is 0.338. The molecule has 3 aromatic heterocycles. The largest absolute Gasteiger partial charge is 0.309 e. The Morgan fingerprint density at radius 3 is 1.92 bits per heavy atom. The van der Waals surface area contributed by atoms with Crippen LogP contribution in [0.25, 0.3) is 86.7 Å². The molecule has 0 saturated carbocycles. The van der Waals surface area contributed by atoms with Crippen molar-refractivity contribution >= 4 is 59.0 Å². The van der Waals surface area contributed by atoms with Gasteiger partial charge < -0.3 is 4.57 Å². The van der Waals surface area contributed by atoms with Gasteiger partial charge in [-0.2, -0.15) is 5.26 Å².